The molecule has 0 fully saturated rings. The summed E-state index contributed by atoms with van der Waals surface area (Å²) in [6, 6.07) is 15.3. The molecular formula is C25H25NO4. The summed E-state index contributed by atoms with van der Waals surface area (Å²) in [4.78, 5) is 27.3. The number of nitrogens with zero attached hydrogens (tertiary/aromatic N) is 1. The SMILES string of the molecule is C=CCOc1ccc(/C=C2/C(=O)N(Cc3ccc(C)cc3)C(C)=C2C(=O)OC)cc1. The fourth-order valence-electron chi connectivity index (χ4n) is 3.28. The highest BCUT2D eigenvalue weighted by molar-refractivity contribution is 6.16. The summed E-state index contributed by atoms with van der Waals surface area (Å²) in [5.41, 5.74) is 4.13. The Balaban J connectivity index is 1.93. The van der Waals surface area contributed by atoms with Gasteiger partial charge in [0.25, 0.3) is 5.91 Å². The van der Waals surface area contributed by atoms with E-state index in [9.17, 15) is 9.59 Å². The molecule has 1 amide bonds. The van der Waals surface area contributed by atoms with Gasteiger partial charge in [0.05, 0.1) is 24.8 Å². The van der Waals surface area contributed by atoms with Crippen LogP contribution in [0.4, 0.5) is 0 Å². The molecule has 0 saturated heterocycles. The largest absolute Gasteiger partial charge is 0.490 e. The number of benzene rings is 2. The van der Waals surface area contributed by atoms with Gasteiger partial charge in [-0.15, -0.1) is 0 Å². The first-order chi connectivity index (χ1) is 14.4. The first kappa shape index (κ1) is 21.1. The van der Waals surface area contributed by atoms with Crippen molar-refractivity contribution in [3.8, 4) is 5.75 Å². The number of carbonyl (C=O) groups excluding carboxylic acids is 2. The lowest BCUT2D eigenvalue weighted by molar-refractivity contribution is -0.136. The van der Waals surface area contributed by atoms with E-state index in [0.29, 0.717) is 35.7 Å². The second-order valence-electron chi connectivity index (χ2n) is 7.06. The maximum Gasteiger partial charge on any atom is 0.340 e. The molecule has 0 aliphatic carbocycles. The maximum absolute atomic E-state index is 13.2. The maximum atomic E-state index is 13.2. The number of ether oxygens (including phenoxy) is 2. The summed E-state index contributed by atoms with van der Waals surface area (Å²) >= 11 is 0. The summed E-state index contributed by atoms with van der Waals surface area (Å²) < 4.78 is 10.4. The number of hydrogen-bond acceptors (Lipinski definition) is 4. The third kappa shape index (κ3) is 4.51. The van der Waals surface area contributed by atoms with Crippen molar-refractivity contribution in [3.05, 3.63) is 94.7 Å². The molecule has 1 aliphatic rings. The van der Waals surface area contributed by atoms with Crippen molar-refractivity contribution in [3.63, 3.8) is 0 Å². The van der Waals surface area contributed by atoms with Crippen molar-refractivity contribution >= 4 is 18.0 Å². The van der Waals surface area contributed by atoms with Crippen LogP contribution in [0.5, 0.6) is 5.75 Å². The Morgan fingerprint density at radius 1 is 1.07 bits per heavy atom. The van der Waals surface area contributed by atoms with E-state index < -0.39 is 5.97 Å². The van der Waals surface area contributed by atoms with Gasteiger partial charge >= 0.3 is 5.97 Å². The van der Waals surface area contributed by atoms with Crippen LogP contribution in [-0.4, -0.2) is 30.5 Å². The highest BCUT2D eigenvalue weighted by Crippen LogP contribution is 2.33. The van der Waals surface area contributed by atoms with Crippen molar-refractivity contribution in [2.24, 2.45) is 0 Å². The summed E-state index contributed by atoms with van der Waals surface area (Å²) in [6.07, 6.45) is 3.39. The van der Waals surface area contributed by atoms with Crippen LogP contribution in [-0.2, 0) is 20.9 Å². The highest BCUT2D eigenvalue weighted by Gasteiger charge is 2.36. The van der Waals surface area contributed by atoms with Crippen LogP contribution in [0.2, 0.25) is 0 Å². The van der Waals surface area contributed by atoms with Crippen LogP contribution >= 0.6 is 0 Å². The molecule has 154 valence electrons. The molecule has 0 bridgehead atoms. The number of rotatable bonds is 7. The lowest BCUT2D eigenvalue weighted by Crippen LogP contribution is -2.24. The molecule has 0 aromatic heterocycles. The fourth-order valence-corrected chi connectivity index (χ4v) is 3.28. The van der Waals surface area contributed by atoms with Gasteiger partial charge in [0, 0.05) is 5.70 Å². The molecule has 0 spiro atoms. The first-order valence-corrected chi connectivity index (χ1v) is 9.67. The predicted octanol–water partition coefficient (Wildman–Crippen LogP) is 4.43. The minimum absolute atomic E-state index is 0.222. The third-order valence-electron chi connectivity index (χ3n) is 4.92. The second-order valence-corrected chi connectivity index (χ2v) is 7.06. The minimum atomic E-state index is -0.524. The van der Waals surface area contributed by atoms with Gasteiger partial charge in [-0.3, -0.25) is 4.79 Å². The van der Waals surface area contributed by atoms with Crippen molar-refractivity contribution in [2.75, 3.05) is 13.7 Å². The lowest BCUT2D eigenvalue weighted by Gasteiger charge is -2.18. The summed E-state index contributed by atoms with van der Waals surface area (Å²) in [7, 11) is 1.32. The first-order valence-electron chi connectivity index (χ1n) is 9.67. The van der Waals surface area contributed by atoms with Crippen LogP contribution in [0.25, 0.3) is 6.08 Å². The highest BCUT2D eigenvalue weighted by atomic mass is 16.5. The normalized spacial score (nSPS) is 15.0. The molecule has 5 heteroatoms. The van der Waals surface area contributed by atoms with Gasteiger partial charge in [-0.25, -0.2) is 4.79 Å². The molecule has 2 aromatic rings. The van der Waals surface area contributed by atoms with Crippen molar-refractivity contribution in [1.29, 1.82) is 0 Å². The average molecular weight is 403 g/mol. The molecule has 0 saturated carbocycles. The van der Waals surface area contributed by atoms with Crippen LogP contribution < -0.4 is 4.74 Å². The summed E-state index contributed by atoms with van der Waals surface area (Å²) in [5.74, 6) is -0.0411. The van der Waals surface area contributed by atoms with Crippen molar-refractivity contribution < 1.29 is 19.1 Å². The van der Waals surface area contributed by atoms with Crippen LogP contribution in [0.1, 0.15) is 23.6 Å². The number of amides is 1. The molecule has 2 aromatic carbocycles. The molecule has 0 radical (unpaired) electrons. The predicted molar refractivity (Wildman–Crippen MR) is 117 cm³/mol. The molecular weight excluding hydrogens is 378 g/mol. The molecule has 3 rings (SSSR count). The molecule has 0 N–H and O–H groups in total. The monoisotopic (exact) mass is 403 g/mol. The van der Waals surface area contributed by atoms with Gasteiger partial charge in [-0.2, -0.15) is 0 Å². The van der Waals surface area contributed by atoms with Crippen molar-refractivity contribution in [2.45, 2.75) is 20.4 Å². The Morgan fingerprint density at radius 2 is 1.73 bits per heavy atom. The van der Waals surface area contributed by atoms with E-state index in [1.807, 2.05) is 55.5 Å². The Morgan fingerprint density at radius 3 is 2.33 bits per heavy atom. The number of carbonyl (C=O) groups is 2. The zero-order valence-electron chi connectivity index (χ0n) is 17.5. The zero-order valence-corrected chi connectivity index (χ0v) is 17.5. The van der Waals surface area contributed by atoms with E-state index in [4.69, 9.17) is 9.47 Å². The minimum Gasteiger partial charge on any atom is -0.490 e. The lowest BCUT2D eigenvalue weighted by atomic mass is 10.0. The standard InChI is InChI=1S/C25H25NO4/c1-5-14-30-21-12-10-19(11-13-21)15-22-23(25(28)29-4)18(3)26(24(22)27)16-20-8-6-17(2)7-9-20/h5-13,15H,1,14,16H2,2-4H3/b22-15+. The van der Waals surface area contributed by atoms with E-state index in [1.165, 1.54) is 7.11 Å². The Kier molecular flexibility index (Phi) is 6.52. The van der Waals surface area contributed by atoms with Gasteiger partial charge < -0.3 is 14.4 Å². The molecule has 5 nitrogen and oxygen atoms in total. The molecule has 0 atom stereocenters. The van der Waals surface area contributed by atoms with E-state index in [2.05, 4.69) is 6.58 Å². The van der Waals surface area contributed by atoms with E-state index >= 15 is 0 Å². The zero-order chi connectivity index (χ0) is 21.7. The number of esters is 1. The van der Waals surface area contributed by atoms with Crippen LogP contribution in [0.15, 0.2) is 78.0 Å². The van der Waals surface area contributed by atoms with E-state index in [1.54, 1.807) is 24.0 Å². The van der Waals surface area contributed by atoms with Gasteiger partial charge in [0.1, 0.15) is 12.4 Å². The summed E-state index contributed by atoms with van der Waals surface area (Å²) in [6.45, 7) is 8.21. The van der Waals surface area contributed by atoms with Crippen molar-refractivity contribution in [1.82, 2.24) is 4.90 Å². The van der Waals surface area contributed by atoms with Crippen LogP contribution in [0.3, 0.4) is 0 Å². The quantitative estimate of drug-likeness (QED) is 0.390. The van der Waals surface area contributed by atoms with Gasteiger partial charge in [-0.1, -0.05) is 54.6 Å². The van der Waals surface area contributed by atoms with Crippen LogP contribution in [0, 0.1) is 6.92 Å². The summed E-state index contributed by atoms with van der Waals surface area (Å²) in [5, 5.41) is 0. The number of hydrogen-bond donors (Lipinski definition) is 0. The van der Waals surface area contributed by atoms with Gasteiger partial charge in [-0.05, 0) is 43.2 Å². The Labute approximate surface area is 176 Å². The molecule has 1 aliphatic heterocycles. The molecule has 30 heavy (non-hydrogen) atoms. The number of allylic oxidation sites excluding steroid dienone is 1. The topological polar surface area (TPSA) is 55.8 Å². The third-order valence-corrected chi connectivity index (χ3v) is 4.92. The molecule has 0 unspecified atom stereocenters. The smallest absolute Gasteiger partial charge is 0.340 e. The number of methoxy groups -OCH3 is 1. The van der Waals surface area contributed by atoms with E-state index in [-0.39, 0.29) is 5.91 Å². The average Bonchev–Trinajstić information content (AvgIpc) is 2.98. The second kappa shape index (κ2) is 9.27. The fraction of sp³-hybridized carbons (Fsp3) is 0.200. The van der Waals surface area contributed by atoms with Gasteiger partial charge in [0.2, 0.25) is 0 Å². The van der Waals surface area contributed by atoms with Gasteiger partial charge in [0.15, 0.2) is 0 Å². The van der Waals surface area contributed by atoms with E-state index in [0.717, 1.165) is 16.7 Å². The Bertz CT molecular complexity index is 1010. The molecule has 1 heterocycles. The Hall–Kier alpha value is -3.60. The number of aryl methyl sites for hydroxylation is 1.